The van der Waals surface area contributed by atoms with Gasteiger partial charge in [0.05, 0.1) is 41.5 Å². The molecule has 0 radical (unpaired) electrons. The van der Waals surface area contributed by atoms with Crippen LogP contribution < -0.4 is 14.2 Å². The maximum Gasteiger partial charge on any atom is 0.236 e. The van der Waals surface area contributed by atoms with Crippen molar-refractivity contribution in [2.75, 3.05) is 23.5 Å². The first-order valence-corrected chi connectivity index (χ1v) is 13.0. The Morgan fingerprint density at radius 3 is 2.74 bits per heavy atom. The SMILES string of the molecule is [C-]#[N+]c1cc(-n2ccc3cc(OCc4ccnc(NS(C)(=O)=O)n4)ccc32)cc(Cl)c1OCCCl. The van der Waals surface area contributed by atoms with Gasteiger partial charge >= 0.3 is 0 Å². The molecule has 35 heavy (non-hydrogen) atoms. The molecule has 0 saturated heterocycles. The molecule has 0 fully saturated rings. The molecule has 0 saturated carbocycles. The zero-order valence-corrected chi connectivity index (χ0v) is 20.7. The Morgan fingerprint density at radius 1 is 1.17 bits per heavy atom. The highest BCUT2D eigenvalue weighted by molar-refractivity contribution is 7.91. The summed E-state index contributed by atoms with van der Waals surface area (Å²) in [6, 6.07) is 12.6. The fraction of sp³-hybridized carbons (Fsp3) is 0.174. The molecule has 0 unspecified atom stereocenters. The third-order valence-electron chi connectivity index (χ3n) is 4.77. The Hall–Kier alpha value is -3.52. The van der Waals surface area contributed by atoms with Crippen molar-refractivity contribution >= 4 is 55.8 Å². The van der Waals surface area contributed by atoms with E-state index in [1.54, 1.807) is 18.2 Å². The summed E-state index contributed by atoms with van der Waals surface area (Å²) in [6.45, 7) is 7.87. The van der Waals surface area contributed by atoms with Crippen molar-refractivity contribution in [2.45, 2.75) is 6.61 Å². The number of hydrogen-bond donors (Lipinski definition) is 1. The lowest BCUT2D eigenvalue weighted by Crippen LogP contribution is -2.13. The number of sulfonamides is 1. The van der Waals surface area contributed by atoms with Crippen molar-refractivity contribution < 1.29 is 17.9 Å². The van der Waals surface area contributed by atoms with E-state index >= 15 is 0 Å². The summed E-state index contributed by atoms with van der Waals surface area (Å²) in [5, 5.41) is 1.24. The van der Waals surface area contributed by atoms with Gasteiger partial charge < -0.3 is 14.0 Å². The molecule has 0 aliphatic carbocycles. The van der Waals surface area contributed by atoms with E-state index in [4.69, 9.17) is 39.2 Å². The summed E-state index contributed by atoms with van der Waals surface area (Å²) < 4.78 is 38.3. The highest BCUT2D eigenvalue weighted by Crippen LogP contribution is 2.39. The van der Waals surface area contributed by atoms with Crippen LogP contribution in [-0.2, 0) is 16.6 Å². The summed E-state index contributed by atoms with van der Waals surface area (Å²) in [7, 11) is -3.47. The average Bonchev–Trinajstić information content (AvgIpc) is 3.24. The molecule has 180 valence electrons. The lowest BCUT2D eigenvalue weighted by molar-refractivity contribution is 0.301. The minimum Gasteiger partial charge on any atom is -0.502 e. The number of halogens is 2. The molecule has 2 aromatic carbocycles. The van der Waals surface area contributed by atoms with Crippen LogP contribution in [0.5, 0.6) is 11.5 Å². The smallest absolute Gasteiger partial charge is 0.236 e. The Morgan fingerprint density at radius 2 is 2.00 bits per heavy atom. The van der Waals surface area contributed by atoms with Gasteiger partial charge in [0, 0.05) is 23.5 Å². The van der Waals surface area contributed by atoms with Gasteiger partial charge in [-0.3, -0.25) is 4.72 Å². The number of alkyl halides is 1. The maximum atomic E-state index is 11.4. The molecular weight excluding hydrogens is 513 g/mol. The van der Waals surface area contributed by atoms with E-state index in [1.165, 1.54) is 6.20 Å². The number of fused-ring (bicyclic) bond motifs is 1. The summed E-state index contributed by atoms with van der Waals surface area (Å²) in [5.74, 6) is 1.20. The molecular formula is C23H19Cl2N5O4S. The maximum absolute atomic E-state index is 11.4. The molecule has 0 aliphatic heterocycles. The number of nitrogens with zero attached hydrogens (tertiary/aromatic N) is 4. The number of aromatic nitrogens is 3. The van der Waals surface area contributed by atoms with Crippen molar-refractivity contribution in [3.63, 3.8) is 0 Å². The molecule has 0 aliphatic rings. The highest BCUT2D eigenvalue weighted by atomic mass is 35.5. The van der Waals surface area contributed by atoms with E-state index in [0.717, 1.165) is 22.8 Å². The normalized spacial score (nSPS) is 11.3. The monoisotopic (exact) mass is 531 g/mol. The average molecular weight is 532 g/mol. The number of ether oxygens (including phenoxy) is 2. The van der Waals surface area contributed by atoms with Gasteiger partial charge in [-0.2, -0.15) is 0 Å². The Bertz CT molecular complexity index is 1530. The van der Waals surface area contributed by atoms with Gasteiger partial charge in [-0.05, 0) is 42.5 Å². The van der Waals surface area contributed by atoms with Crippen LogP contribution in [0.15, 0.2) is 54.9 Å². The third-order valence-corrected chi connectivity index (χ3v) is 5.76. The summed E-state index contributed by atoms with van der Waals surface area (Å²) in [5.41, 5.74) is 2.42. The molecule has 4 rings (SSSR count). The number of rotatable bonds is 9. The molecule has 4 aromatic rings. The lowest BCUT2D eigenvalue weighted by Gasteiger charge is -2.13. The van der Waals surface area contributed by atoms with Crippen molar-refractivity contribution in [3.8, 4) is 17.2 Å². The number of anilines is 1. The van der Waals surface area contributed by atoms with Gasteiger partial charge in [0.1, 0.15) is 18.1 Å². The molecule has 1 N–H and O–H groups in total. The third kappa shape index (κ3) is 5.95. The van der Waals surface area contributed by atoms with Crippen LogP contribution >= 0.6 is 23.2 Å². The molecule has 2 heterocycles. The topological polar surface area (TPSA) is 99.7 Å². The van der Waals surface area contributed by atoms with Crippen LogP contribution in [0, 0.1) is 6.57 Å². The lowest BCUT2D eigenvalue weighted by atomic mass is 10.2. The zero-order valence-electron chi connectivity index (χ0n) is 18.4. The first-order chi connectivity index (χ1) is 16.8. The van der Waals surface area contributed by atoms with E-state index in [9.17, 15) is 8.42 Å². The molecule has 12 heteroatoms. The van der Waals surface area contributed by atoms with Crippen LogP contribution in [0.25, 0.3) is 21.4 Å². The Kier molecular flexibility index (Phi) is 7.31. The van der Waals surface area contributed by atoms with Gasteiger partial charge in [-0.1, -0.05) is 11.6 Å². The Balaban J connectivity index is 1.55. The van der Waals surface area contributed by atoms with Crippen LogP contribution in [0.4, 0.5) is 11.6 Å². The molecule has 0 spiro atoms. The van der Waals surface area contributed by atoms with Crippen molar-refractivity contribution in [1.29, 1.82) is 0 Å². The van der Waals surface area contributed by atoms with Crippen molar-refractivity contribution in [1.82, 2.24) is 14.5 Å². The summed E-state index contributed by atoms with van der Waals surface area (Å²) in [6.07, 6.45) is 4.36. The van der Waals surface area contributed by atoms with Gasteiger partial charge in [0.2, 0.25) is 21.7 Å². The number of nitrogens with one attached hydrogen (secondary N) is 1. The van der Waals surface area contributed by atoms with Crippen molar-refractivity contribution in [3.05, 3.63) is 77.0 Å². The second-order valence-corrected chi connectivity index (χ2v) is 9.90. The molecule has 0 atom stereocenters. The Labute approximate surface area is 212 Å². The van der Waals surface area contributed by atoms with Gasteiger partial charge in [0.25, 0.3) is 0 Å². The minimum atomic E-state index is -3.47. The molecule has 0 bridgehead atoms. The van der Waals surface area contributed by atoms with Crippen LogP contribution in [0.1, 0.15) is 5.69 Å². The predicted molar refractivity (Wildman–Crippen MR) is 136 cm³/mol. The standard InChI is InChI=1S/C23H19Cl2N5O4S/c1-26-20-13-17(12-19(25)22(20)33-10-7-24)30-9-6-15-11-18(3-4-21(15)30)34-14-16-5-8-27-23(28-16)29-35(2,31)32/h3-6,8-9,11-13H,7,10,14H2,2H3,(H,27,28,29). The van der Waals surface area contributed by atoms with Crippen LogP contribution in [0.2, 0.25) is 5.02 Å². The minimum absolute atomic E-state index is 0.0161. The predicted octanol–water partition coefficient (Wildman–Crippen LogP) is 5.19. The highest BCUT2D eigenvalue weighted by Gasteiger charge is 2.14. The zero-order chi connectivity index (χ0) is 25.0. The van der Waals surface area contributed by atoms with E-state index < -0.39 is 10.0 Å². The molecule has 2 aromatic heterocycles. The summed E-state index contributed by atoms with van der Waals surface area (Å²) >= 11 is 12.1. The largest absolute Gasteiger partial charge is 0.502 e. The second-order valence-electron chi connectivity index (χ2n) is 7.37. The van der Waals surface area contributed by atoms with Crippen LogP contribution in [0.3, 0.4) is 0 Å². The van der Waals surface area contributed by atoms with Gasteiger partial charge in [-0.15, -0.1) is 11.6 Å². The van der Waals surface area contributed by atoms with E-state index in [0.29, 0.717) is 27.9 Å². The van der Waals surface area contributed by atoms with Crippen molar-refractivity contribution in [2.24, 2.45) is 0 Å². The fourth-order valence-electron chi connectivity index (χ4n) is 3.35. The number of hydrogen-bond acceptors (Lipinski definition) is 6. The number of benzene rings is 2. The van der Waals surface area contributed by atoms with Gasteiger partial charge in [-0.25, -0.2) is 23.2 Å². The van der Waals surface area contributed by atoms with Crippen LogP contribution in [-0.4, -0.2) is 41.7 Å². The van der Waals surface area contributed by atoms with E-state index in [1.807, 2.05) is 35.0 Å². The quantitative estimate of drug-likeness (QED) is 0.235. The first-order valence-electron chi connectivity index (χ1n) is 10.2. The van der Waals surface area contributed by atoms with Gasteiger partial charge in [0.15, 0.2) is 0 Å². The second kappa shape index (κ2) is 10.4. The van der Waals surface area contributed by atoms with E-state index in [-0.39, 0.29) is 25.0 Å². The summed E-state index contributed by atoms with van der Waals surface area (Å²) in [4.78, 5) is 11.6. The molecule has 9 nitrogen and oxygen atoms in total. The fourth-order valence-corrected chi connectivity index (χ4v) is 4.13. The molecule has 0 amide bonds. The van der Waals surface area contributed by atoms with E-state index in [2.05, 4.69) is 19.5 Å². The first kappa shape index (κ1) is 24.6.